The summed E-state index contributed by atoms with van der Waals surface area (Å²) in [6.45, 7) is 0. The van der Waals surface area contributed by atoms with Gasteiger partial charge in [0, 0.05) is 18.6 Å². The van der Waals surface area contributed by atoms with Crippen molar-refractivity contribution in [2.24, 2.45) is 0 Å². The van der Waals surface area contributed by atoms with Gasteiger partial charge in [0.15, 0.2) is 12.4 Å². The number of hydrogen-bond donors (Lipinski definition) is 4. The third-order valence-electron chi connectivity index (χ3n) is 2.89. The van der Waals surface area contributed by atoms with Crippen molar-refractivity contribution in [3.8, 4) is 0 Å². The highest BCUT2D eigenvalue weighted by molar-refractivity contribution is 5.83. The fourth-order valence-electron chi connectivity index (χ4n) is 1.86. The fraction of sp³-hybridized carbons (Fsp3) is 0.133. The monoisotopic (exact) mass is 288 g/mol. The predicted molar refractivity (Wildman–Crippen MR) is 78.7 cm³/mol. The Balaban J connectivity index is 2.08. The number of benzene rings is 1. The van der Waals surface area contributed by atoms with Crippen LogP contribution in [0.4, 0.5) is 5.69 Å². The van der Waals surface area contributed by atoms with E-state index in [-0.39, 0.29) is 6.02 Å². The zero-order valence-corrected chi connectivity index (χ0v) is 11.3. The molecule has 6 nitrogen and oxygen atoms in total. The van der Waals surface area contributed by atoms with Gasteiger partial charge in [-0.3, -0.25) is 0 Å². The number of aromatic amines is 1. The molecule has 1 aromatic heterocycles. The van der Waals surface area contributed by atoms with Gasteiger partial charge in [0.1, 0.15) is 5.69 Å². The molecule has 0 aliphatic heterocycles. The number of aliphatic hydroxyl groups excluding tert-OH is 2. The van der Waals surface area contributed by atoms with E-state index in [1.165, 1.54) is 0 Å². The molecule has 2 aromatic rings. The molecule has 21 heavy (non-hydrogen) atoms. The molecule has 1 atom stereocenters. The first-order chi connectivity index (χ1) is 10.1. The second-order valence-corrected chi connectivity index (χ2v) is 4.51. The Morgan fingerprint density at radius 2 is 1.81 bits per heavy atom. The molecule has 1 aromatic carbocycles. The molecular formula is C15H18N3O3+3. The summed E-state index contributed by atoms with van der Waals surface area (Å²) in [5.41, 5.74) is 1.58. The molecule has 0 aliphatic rings. The number of hydrogen-bond acceptors (Lipinski definition) is 0. The van der Waals surface area contributed by atoms with Crippen molar-refractivity contribution in [1.29, 1.82) is 0 Å². The average Bonchev–Trinajstić information content (AvgIpc) is 2.48. The first kappa shape index (κ1) is 14.5. The molecule has 0 radical (unpaired) electrons. The van der Waals surface area contributed by atoms with Gasteiger partial charge in [-0.25, -0.2) is 15.3 Å². The number of anilines is 1. The quantitative estimate of drug-likeness (QED) is 0.341. The molecular weight excluding hydrogens is 270 g/mol. The van der Waals surface area contributed by atoms with Crippen LogP contribution in [-0.2, 0) is 6.42 Å². The van der Waals surface area contributed by atoms with Crippen LogP contribution >= 0.6 is 0 Å². The van der Waals surface area contributed by atoms with Crippen molar-refractivity contribution < 1.29 is 25.0 Å². The van der Waals surface area contributed by atoms with E-state index in [1.54, 1.807) is 24.5 Å². The van der Waals surface area contributed by atoms with Gasteiger partial charge in [0.25, 0.3) is 6.04 Å². The minimum Gasteiger partial charge on any atom is -0.447 e. The van der Waals surface area contributed by atoms with Crippen LogP contribution in [0, 0.1) is 0 Å². The van der Waals surface area contributed by atoms with Crippen LogP contribution in [0.15, 0.2) is 54.9 Å². The highest BCUT2D eigenvalue weighted by Crippen LogP contribution is 2.01. The maximum Gasteiger partial charge on any atom is 0.527 e. The van der Waals surface area contributed by atoms with Crippen molar-refractivity contribution >= 4 is 17.7 Å². The number of amidine groups is 1. The lowest BCUT2D eigenvalue weighted by atomic mass is 10.1. The maximum atomic E-state index is 9.85. The summed E-state index contributed by atoms with van der Waals surface area (Å²) in [4.78, 5) is 14.8. The second-order valence-electron chi connectivity index (χ2n) is 4.51. The number of rotatable bonds is 5. The maximum absolute atomic E-state index is 9.85. The number of carboxylic acids is 1. The Morgan fingerprint density at radius 1 is 1.14 bits per heavy atom. The lowest BCUT2D eigenvalue weighted by Gasteiger charge is -2.03. The molecule has 0 saturated carbocycles. The smallest absolute Gasteiger partial charge is 0.447 e. The lowest BCUT2D eigenvalue weighted by Crippen LogP contribution is -2.84. The summed E-state index contributed by atoms with van der Waals surface area (Å²) in [6, 6.07) is 11.7. The Labute approximate surface area is 121 Å². The van der Waals surface area contributed by atoms with Gasteiger partial charge in [0.2, 0.25) is 0 Å². The minimum absolute atomic E-state index is 0.261. The van der Waals surface area contributed by atoms with Crippen LogP contribution in [0.5, 0.6) is 0 Å². The fourth-order valence-corrected chi connectivity index (χ4v) is 1.86. The Kier molecular flexibility index (Phi) is 4.87. The third-order valence-corrected chi connectivity index (χ3v) is 2.89. The highest BCUT2D eigenvalue weighted by atomic mass is 16.4. The van der Waals surface area contributed by atoms with Gasteiger partial charge in [-0.2, -0.15) is 0 Å². The summed E-state index contributed by atoms with van der Waals surface area (Å²) in [5.74, 6) is -0.784. The predicted octanol–water partition coefficient (Wildman–Crippen LogP) is -0.421. The highest BCUT2D eigenvalue weighted by Gasteiger charge is 2.27. The van der Waals surface area contributed by atoms with Crippen molar-refractivity contribution in [2.45, 2.75) is 12.5 Å². The largest absolute Gasteiger partial charge is 0.527 e. The van der Waals surface area contributed by atoms with Crippen LogP contribution < -0.4 is 15.3 Å². The third kappa shape index (κ3) is 4.61. The van der Waals surface area contributed by atoms with E-state index in [0.29, 0.717) is 12.1 Å². The molecule has 0 aliphatic carbocycles. The second kappa shape index (κ2) is 7.04. The molecule has 108 valence electrons. The summed E-state index contributed by atoms with van der Waals surface area (Å²) in [7, 11) is 0. The van der Waals surface area contributed by atoms with Crippen LogP contribution in [0.25, 0.3) is 0 Å². The molecule has 2 rings (SSSR count). The molecule has 0 spiro atoms. The number of H-pyrrole nitrogens is 1. The van der Waals surface area contributed by atoms with E-state index in [1.807, 2.05) is 30.3 Å². The molecule has 6 N–H and O–H groups in total. The van der Waals surface area contributed by atoms with Gasteiger partial charge in [-0.05, 0) is 5.56 Å². The Morgan fingerprint density at radius 3 is 2.43 bits per heavy atom. The van der Waals surface area contributed by atoms with Gasteiger partial charge < -0.3 is 15.0 Å². The number of aliphatic carboxylic acids is 1. The van der Waals surface area contributed by atoms with Crippen LogP contribution in [0.1, 0.15) is 5.56 Å². The lowest BCUT2D eigenvalue weighted by molar-refractivity contribution is -0.493. The topological polar surface area (TPSA) is 102 Å². The van der Waals surface area contributed by atoms with E-state index in [2.05, 4.69) is 15.3 Å². The summed E-state index contributed by atoms with van der Waals surface area (Å²) in [6.07, 6.45) is 3.73. The number of carboxylic acid groups (broad SMARTS) is 1. The van der Waals surface area contributed by atoms with Crippen molar-refractivity contribution in [2.75, 3.05) is 5.32 Å². The normalized spacial score (nSPS) is 12.7. The Bertz CT molecular complexity index is 615. The standard InChI is InChI=1S/C15H15N3O3/c19-14(20)13(10-11-4-2-1-3-5-11)18-15(21)17-12-6-8-16-9-7-12/h1-9,13H,10H2,(H,19,20)(H2,16,17,18,21)/p+3. The zero-order valence-electron chi connectivity index (χ0n) is 11.3. The van der Waals surface area contributed by atoms with Crippen LogP contribution in [0.3, 0.4) is 0 Å². The van der Waals surface area contributed by atoms with Gasteiger partial charge in [-0.15, -0.1) is 0 Å². The molecule has 1 heterocycles. The first-order valence-electron chi connectivity index (χ1n) is 6.49. The first-order valence-corrected chi connectivity index (χ1v) is 6.49. The van der Waals surface area contributed by atoms with Crippen LogP contribution in [0.2, 0.25) is 0 Å². The number of aromatic nitrogens is 1. The average molecular weight is 288 g/mol. The SMILES string of the molecule is OC(=[OH+])C(Cc1ccccc1)[NH+]=C(O)Nc1cc[nH+]cc1. The molecule has 6 heteroatoms. The van der Waals surface area contributed by atoms with E-state index < -0.39 is 12.0 Å². The zero-order chi connectivity index (χ0) is 15.1. The molecule has 0 saturated heterocycles. The van der Waals surface area contributed by atoms with E-state index in [4.69, 9.17) is 0 Å². The summed E-state index contributed by atoms with van der Waals surface area (Å²) in [5, 5.41) is 21.9. The molecule has 0 bridgehead atoms. The van der Waals surface area contributed by atoms with E-state index in [9.17, 15) is 15.0 Å². The van der Waals surface area contributed by atoms with Crippen LogP contribution in [-0.4, -0.2) is 33.0 Å². The van der Waals surface area contributed by atoms with E-state index >= 15 is 0 Å². The summed E-state index contributed by atoms with van der Waals surface area (Å²) >= 11 is 0. The van der Waals surface area contributed by atoms with Crippen molar-refractivity contribution in [1.82, 2.24) is 0 Å². The minimum atomic E-state index is -0.810. The molecule has 1 unspecified atom stereocenters. The van der Waals surface area contributed by atoms with Gasteiger partial charge in [-0.1, -0.05) is 30.3 Å². The number of pyridine rings is 1. The summed E-state index contributed by atoms with van der Waals surface area (Å²) < 4.78 is 0. The Hall–Kier alpha value is -2.89. The van der Waals surface area contributed by atoms with E-state index in [0.717, 1.165) is 5.56 Å². The molecule has 0 fully saturated rings. The van der Waals surface area contributed by atoms with Gasteiger partial charge >= 0.3 is 12.0 Å². The molecule has 0 amide bonds. The van der Waals surface area contributed by atoms with Crippen molar-refractivity contribution in [3.05, 3.63) is 60.4 Å². The van der Waals surface area contributed by atoms with Crippen molar-refractivity contribution in [3.63, 3.8) is 0 Å². The number of aliphatic hydroxyl groups is 1. The number of nitrogens with one attached hydrogen (secondary N) is 3. The van der Waals surface area contributed by atoms with Gasteiger partial charge in [0.05, 0.1) is 0 Å².